The molecule has 32 heavy (non-hydrogen) atoms. The Balaban J connectivity index is 1.91. The third-order valence-electron chi connectivity index (χ3n) is 7.42. The average Bonchev–Trinajstić information content (AvgIpc) is 3.25. The SMILES string of the molecule is CCCC(CC1CC(=O)c2c(C)c(C)cc(C3=CCC=C3)c2C1)C(CC)C(=O)CC(C)=O. The molecule has 3 unspecified atom stereocenters. The minimum Gasteiger partial charge on any atom is -0.300 e. The van der Waals surface area contributed by atoms with Crippen LogP contribution in [-0.2, 0) is 16.0 Å². The highest BCUT2D eigenvalue weighted by molar-refractivity contribution is 6.02. The fourth-order valence-corrected chi connectivity index (χ4v) is 5.85. The maximum absolute atomic E-state index is 13.3. The van der Waals surface area contributed by atoms with Crippen LogP contribution < -0.4 is 0 Å². The summed E-state index contributed by atoms with van der Waals surface area (Å²) >= 11 is 0. The number of Topliss-reactive ketones (excluding diaryl/α,β-unsaturated/α-hetero) is 3. The lowest BCUT2D eigenvalue weighted by molar-refractivity contribution is -0.129. The number of carbonyl (C=O) groups is 3. The highest BCUT2D eigenvalue weighted by atomic mass is 16.1. The van der Waals surface area contributed by atoms with Gasteiger partial charge in [-0.25, -0.2) is 0 Å². The van der Waals surface area contributed by atoms with Crippen molar-refractivity contribution in [2.75, 3.05) is 0 Å². The molecule has 0 saturated carbocycles. The van der Waals surface area contributed by atoms with Crippen molar-refractivity contribution < 1.29 is 14.4 Å². The second-order valence-electron chi connectivity index (χ2n) is 9.86. The lowest BCUT2D eigenvalue weighted by atomic mass is 9.70. The predicted octanol–water partition coefficient (Wildman–Crippen LogP) is 6.77. The minimum absolute atomic E-state index is 0.0360. The van der Waals surface area contributed by atoms with Crippen molar-refractivity contribution >= 4 is 22.9 Å². The first-order valence-electron chi connectivity index (χ1n) is 12.3. The number of allylic oxidation sites excluding steroid dienone is 4. The maximum atomic E-state index is 13.3. The molecule has 0 saturated heterocycles. The Bertz CT molecular complexity index is 963. The van der Waals surface area contributed by atoms with E-state index in [0.29, 0.717) is 6.42 Å². The van der Waals surface area contributed by atoms with Gasteiger partial charge in [0.1, 0.15) is 11.6 Å². The van der Waals surface area contributed by atoms with Gasteiger partial charge in [-0.2, -0.15) is 0 Å². The lowest BCUT2D eigenvalue weighted by Crippen LogP contribution is -2.30. The summed E-state index contributed by atoms with van der Waals surface area (Å²) < 4.78 is 0. The molecule has 1 aromatic rings. The van der Waals surface area contributed by atoms with Gasteiger partial charge in [0.05, 0.1) is 6.42 Å². The molecule has 2 aliphatic rings. The molecule has 3 atom stereocenters. The fraction of sp³-hybridized carbons (Fsp3) is 0.552. The molecule has 0 radical (unpaired) electrons. The van der Waals surface area contributed by atoms with E-state index in [0.717, 1.165) is 49.7 Å². The van der Waals surface area contributed by atoms with Crippen LogP contribution in [0.2, 0.25) is 0 Å². The van der Waals surface area contributed by atoms with Gasteiger partial charge in [0.2, 0.25) is 0 Å². The molecule has 0 amide bonds. The molecule has 1 aromatic carbocycles. The number of fused-ring (bicyclic) bond motifs is 1. The van der Waals surface area contributed by atoms with Crippen LogP contribution in [0, 0.1) is 31.6 Å². The number of benzene rings is 1. The van der Waals surface area contributed by atoms with Crippen molar-refractivity contribution in [1.29, 1.82) is 0 Å². The first-order chi connectivity index (χ1) is 15.3. The molecule has 0 fully saturated rings. The minimum atomic E-state index is -0.0879. The number of carbonyl (C=O) groups excluding carboxylic acids is 3. The van der Waals surface area contributed by atoms with Crippen LogP contribution >= 0.6 is 0 Å². The topological polar surface area (TPSA) is 51.2 Å². The summed E-state index contributed by atoms with van der Waals surface area (Å²) in [7, 11) is 0. The van der Waals surface area contributed by atoms with E-state index in [1.165, 1.54) is 29.2 Å². The number of aryl methyl sites for hydroxylation is 1. The van der Waals surface area contributed by atoms with E-state index in [-0.39, 0.29) is 41.5 Å². The van der Waals surface area contributed by atoms with E-state index in [9.17, 15) is 14.4 Å². The quantitative estimate of drug-likeness (QED) is 0.382. The summed E-state index contributed by atoms with van der Waals surface area (Å²) in [6.07, 6.45) is 12.6. The predicted molar refractivity (Wildman–Crippen MR) is 131 cm³/mol. The first kappa shape index (κ1) is 24.4. The monoisotopic (exact) mass is 434 g/mol. The van der Waals surface area contributed by atoms with Crippen molar-refractivity contribution in [2.24, 2.45) is 17.8 Å². The van der Waals surface area contributed by atoms with Gasteiger partial charge in [0.25, 0.3) is 0 Å². The van der Waals surface area contributed by atoms with Crippen molar-refractivity contribution in [3.63, 3.8) is 0 Å². The van der Waals surface area contributed by atoms with Gasteiger partial charge in [-0.1, -0.05) is 51.0 Å². The van der Waals surface area contributed by atoms with E-state index in [1.807, 2.05) is 0 Å². The van der Waals surface area contributed by atoms with Crippen LogP contribution in [0.5, 0.6) is 0 Å². The van der Waals surface area contributed by atoms with Gasteiger partial charge < -0.3 is 0 Å². The molecule has 2 aliphatic carbocycles. The van der Waals surface area contributed by atoms with Gasteiger partial charge in [0.15, 0.2) is 5.78 Å². The molecule has 3 heteroatoms. The standard InChI is InChI=1S/C29H38O3/c1-6-10-23(24(7-2)27(31)14-19(4)30)15-21-16-26-25(22-11-8-9-12-22)13-18(3)20(5)29(26)28(32)17-21/h8,11-13,21,23-24H,6-7,9-10,14-17H2,1-5H3. The molecule has 0 heterocycles. The summed E-state index contributed by atoms with van der Waals surface area (Å²) in [5, 5.41) is 0. The molecule has 0 N–H and O–H groups in total. The van der Waals surface area contributed by atoms with E-state index < -0.39 is 0 Å². The Hall–Kier alpha value is -2.29. The Labute approximate surface area is 193 Å². The summed E-state index contributed by atoms with van der Waals surface area (Å²) in [6, 6.07) is 2.25. The number of hydrogen-bond acceptors (Lipinski definition) is 3. The summed E-state index contributed by atoms with van der Waals surface area (Å²) in [6.45, 7) is 9.87. The Morgan fingerprint density at radius 1 is 1.16 bits per heavy atom. The molecule has 3 nitrogen and oxygen atoms in total. The van der Waals surface area contributed by atoms with Crippen LogP contribution in [-0.4, -0.2) is 17.3 Å². The first-order valence-corrected chi connectivity index (χ1v) is 12.3. The van der Waals surface area contributed by atoms with E-state index in [1.54, 1.807) is 0 Å². The largest absolute Gasteiger partial charge is 0.300 e. The maximum Gasteiger partial charge on any atom is 0.163 e. The van der Waals surface area contributed by atoms with E-state index in [2.05, 4.69) is 52.0 Å². The molecule has 172 valence electrons. The molecule has 0 bridgehead atoms. The van der Waals surface area contributed by atoms with Crippen LogP contribution in [0.25, 0.3) is 5.57 Å². The van der Waals surface area contributed by atoms with Crippen molar-refractivity contribution in [3.8, 4) is 0 Å². The summed E-state index contributed by atoms with van der Waals surface area (Å²) in [5.74, 6) is 0.664. The average molecular weight is 435 g/mol. The molecular weight excluding hydrogens is 396 g/mol. The van der Waals surface area contributed by atoms with Gasteiger partial charge in [0, 0.05) is 17.9 Å². The van der Waals surface area contributed by atoms with Crippen LogP contribution in [0.4, 0.5) is 0 Å². The highest BCUT2D eigenvalue weighted by Crippen LogP contribution is 2.40. The zero-order valence-electron chi connectivity index (χ0n) is 20.4. The normalized spacial score (nSPS) is 19.5. The zero-order valence-corrected chi connectivity index (χ0v) is 20.4. The van der Waals surface area contributed by atoms with Gasteiger partial charge in [-0.05, 0) is 86.1 Å². The number of hydrogen-bond donors (Lipinski definition) is 0. The second-order valence-corrected chi connectivity index (χ2v) is 9.86. The molecule has 3 rings (SSSR count). The fourth-order valence-electron chi connectivity index (χ4n) is 5.85. The van der Waals surface area contributed by atoms with Crippen LogP contribution in [0.1, 0.15) is 98.3 Å². The third-order valence-corrected chi connectivity index (χ3v) is 7.42. The van der Waals surface area contributed by atoms with Crippen LogP contribution in [0.3, 0.4) is 0 Å². The Morgan fingerprint density at radius 2 is 1.91 bits per heavy atom. The smallest absolute Gasteiger partial charge is 0.163 e. The van der Waals surface area contributed by atoms with Crippen molar-refractivity contribution in [2.45, 2.75) is 86.0 Å². The zero-order chi connectivity index (χ0) is 23.4. The molecule has 0 aromatic heterocycles. The highest BCUT2D eigenvalue weighted by Gasteiger charge is 2.34. The number of rotatable bonds is 10. The Kier molecular flexibility index (Phi) is 8.03. The Morgan fingerprint density at radius 3 is 2.50 bits per heavy atom. The van der Waals surface area contributed by atoms with Crippen molar-refractivity contribution in [1.82, 2.24) is 0 Å². The summed E-state index contributed by atoms with van der Waals surface area (Å²) in [4.78, 5) is 37.7. The third kappa shape index (κ3) is 5.19. The van der Waals surface area contributed by atoms with Gasteiger partial charge in [-0.3, -0.25) is 14.4 Å². The van der Waals surface area contributed by atoms with Crippen molar-refractivity contribution in [3.05, 3.63) is 52.1 Å². The molecule has 0 aliphatic heterocycles. The van der Waals surface area contributed by atoms with Crippen LogP contribution in [0.15, 0.2) is 24.3 Å². The second kappa shape index (κ2) is 10.6. The number of ketones is 3. The van der Waals surface area contributed by atoms with Gasteiger partial charge in [-0.15, -0.1) is 0 Å². The van der Waals surface area contributed by atoms with E-state index >= 15 is 0 Å². The lowest BCUT2D eigenvalue weighted by Gasteiger charge is -2.33. The molecular formula is C29H38O3. The summed E-state index contributed by atoms with van der Waals surface area (Å²) in [5.41, 5.74) is 6.86. The molecule has 0 spiro atoms. The van der Waals surface area contributed by atoms with E-state index in [4.69, 9.17) is 0 Å². The van der Waals surface area contributed by atoms with Gasteiger partial charge >= 0.3 is 0 Å².